The highest BCUT2D eigenvalue weighted by molar-refractivity contribution is 7.86. The molecule has 1 aliphatic carbocycles. The van der Waals surface area contributed by atoms with Gasteiger partial charge in [0.2, 0.25) is 5.69 Å². The molecule has 0 amide bonds. The molecule has 1 aliphatic rings. The van der Waals surface area contributed by atoms with Gasteiger partial charge in [-0.15, -0.1) is 0 Å². The van der Waals surface area contributed by atoms with Gasteiger partial charge in [-0.25, -0.2) is 38.7 Å². The second-order valence-electron chi connectivity index (χ2n) is 13.7. The number of hydrazine groups is 2. The van der Waals surface area contributed by atoms with Gasteiger partial charge in [-0.1, -0.05) is 0 Å². The van der Waals surface area contributed by atoms with Crippen LogP contribution in [0, 0.1) is 0 Å². The summed E-state index contributed by atoms with van der Waals surface area (Å²) in [5.74, 6) is 6.26. The van der Waals surface area contributed by atoms with Crippen molar-refractivity contribution >= 4 is 52.4 Å². The monoisotopic (exact) mass is 1110 g/mol. The van der Waals surface area contributed by atoms with Gasteiger partial charge in [-0.3, -0.25) is 34.6 Å². The molecular formula is C36H56N10O22S4. The molecule has 1 heterocycles. The zero-order chi connectivity index (χ0) is 50.1. The summed E-state index contributed by atoms with van der Waals surface area (Å²) in [6.45, 7) is 0.834. The van der Waals surface area contributed by atoms with Crippen LogP contribution in [-0.4, -0.2) is 117 Å². The quantitative estimate of drug-likeness (QED) is 0.0251. The van der Waals surface area contributed by atoms with Crippen molar-refractivity contribution in [2.75, 3.05) is 0 Å². The molecule has 5 aromatic rings. The van der Waals surface area contributed by atoms with Gasteiger partial charge in [0.1, 0.15) is 63.5 Å². The molecule has 34 N–H and O–H groups in total. The number of rotatable bonds is 5. The summed E-state index contributed by atoms with van der Waals surface area (Å²) in [5, 5.41) is 48.6. The molecule has 8 bridgehead atoms. The van der Waals surface area contributed by atoms with E-state index >= 15 is 0 Å². The zero-order valence-electron chi connectivity index (χ0n) is 37.0. The number of quaternary nitrogens is 1. The number of hydrogen-bond donors (Lipinski definition) is 13. The van der Waals surface area contributed by atoms with Crippen molar-refractivity contribution in [1.29, 1.82) is 0 Å². The molecule has 6 rings (SSSR count). The van der Waals surface area contributed by atoms with E-state index in [2.05, 4.69) is 22.4 Å². The van der Waals surface area contributed by atoms with Crippen LogP contribution in [0.3, 0.4) is 0 Å². The largest absolute Gasteiger partial charge is 0.744 e. The molecule has 32 nitrogen and oxygen atoms in total. The predicted molar refractivity (Wildman–Crippen MR) is 244 cm³/mol. The van der Waals surface area contributed by atoms with Gasteiger partial charge in [0, 0.05) is 37.8 Å². The van der Waals surface area contributed by atoms with E-state index in [1.807, 2.05) is 34.6 Å². The molecule has 0 atom stereocenters. The summed E-state index contributed by atoms with van der Waals surface area (Å²) in [7, 11) is -21.1. The van der Waals surface area contributed by atoms with Crippen LogP contribution in [0.15, 0.2) is 92.5 Å². The first-order valence-corrected chi connectivity index (χ1v) is 23.7. The third kappa shape index (κ3) is 19.5. The first kappa shape index (κ1) is 71.3. The number of phenolic OH excluding ortho intramolecular Hbond substituents is 4. The Morgan fingerprint density at radius 1 is 0.472 bits per heavy atom. The molecule has 0 saturated carbocycles. The molecule has 36 heteroatoms. The minimum Gasteiger partial charge on any atom is -0.744 e. The van der Waals surface area contributed by atoms with Crippen molar-refractivity contribution in [2.24, 2.45) is 34.6 Å². The van der Waals surface area contributed by atoms with Crippen LogP contribution < -0.4 is 55.5 Å². The van der Waals surface area contributed by atoms with Gasteiger partial charge in [0.05, 0.1) is 19.6 Å². The number of phenols is 4. The Morgan fingerprint density at radius 2 is 0.667 bits per heavy atom. The number of aromatic hydroxyl groups is 4. The fraction of sp³-hybridized carbons (Fsp3) is 0.139. The number of hydrogen-bond acceptors (Lipinski definition) is 18. The van der Waals surface area contributed by atoms with Crippen molar-refractivity contribution in [3.05, 3.63) is 123 Å². The summed E-state index contributed by atoms with van der Waals surface area (Å²) in [6, 6.07) is 11.5. The number of H-pyrrole nitrogens is 1. The maximum Gasteiger partial charge on any atom is 0.360 e. The van der Waals surface area contributed by atoms with Crippen molar-refractivity contribution < 1.29 is 126 Å². The van der Waals surface area contributed by atoms with E-state index in [-0.39, 0.29) is 44.8 Å². The number of guanidine groups is 2. The Labute approximate surface area is 409 Å². The lowest BCUT2D eigenvalue weighted by Gasteiger charge is -2.21. The Kier molecular flexibility index (Phi) is 28.3. The van der Waals surface area contributed by atoms with Crippen LogP contribution in [0.1, 0.15) is 50.2 Å². The van der Waals surface area contributed by atoms with Crippen LogP contribution in [0.4, 0.5) is 0 Å². The van der Waals surface area contributed by atoms with E-state index in [1.54, 1.807) is 0 Å². The molecule has 0 unspecified atom stereocenters. The van der Waals surface area contributed by atoms with Crippen molar-refractivity contribution in [3.8, 4) is 23.0 Å². The lowest BCUT2D eigenvalue weighted by atomic mass is 9.91. The predicted octanol–water partition coefficient (Wildman–Crippen LogP) is -12.5. The number of pyridine rings is 1. The highest BCUT2D eigenvalue weighted by atomic mass is 32.2. The average Bonchev–Trinajstić information content (AvgIpc) is 3.22. The Hall–Kier alpha value is -7.27. The maximum absolute atomic E-state index is 12.1. The van der Waals surface area contributed by atoms with Crippen molar-refractivity contribution in [1.82, 2.24) is 0 Å². The average molecular weight is 1110 g/mol. The van der Waals surface area contributed by atoms with Gasteiger partial charge in [-0.05, 0) is 99.1 Å². The second kappa shape index (κ2) is 28.5. The van der Waals surface area contributed by atoms with Crippen LogP contribution in [0.2, 0.25) is 0 Å². The zero-order valence-corrected chi connectivity index (χ0v) is 40.2. The molecule has 0 saturated heterocycles. The van der Waals surface area contributed by atoms with Crippen LogP contribution >= 0.6 is 0 Å². The second-order valence-corrected chi connectivity index (χ2v) is 19.2. The molecule has 0 spiro atoms. The highest BCUT2D eigenvalue weighted by Gasteiger charge is 2.24. The fourth-order valence-electron chi connectivity index (χ4n) is 5.97. The summed E-state index contributed by atoms with van der Waals surface area (Å²) in [4.78, 5) is -0.732. The minimum atomic E-state index is -5.29. The smallest absolute Gasteiger partial charge is 0.360 e. The Balaban J connectivity index is -0.000000820. The minimum absolute atomic E-state index is 0. The van der Waals surface area contributed by atoms with E-state index < -0.39 is 153 Å². The van der Waals surface area contributed by atoms with Crippen LogP contribution in [-0.2, 0) is 72.7 Å². The number of fused-ring (bicyclic) bond motifs is 8. The first-order chi connectivity index (χ1) is 30.4. The topological polar surface area (TPSA) is 725 Å². The summed E-state index contributed by atoms with van der Waals surface area (Å²) in [6.07, 6.45) is -1.14. The third-order valence-electron chi connectivity index (χ3n) is 9.02. The molecule has 1 aromatic heterocycles. The maximum atomic E-state index is 12.1. The lowest BCUT2D eigenvalue weighted by molar-refractivity contribution is -0.471. The van der Waals surface area contributed by atoms with E-state index in [9.17, 15) is 72.3 Å². The standard InChI is InChI=1S/C28H24O16S4.C6H8N2.2CH6N4.6H2O/c29-25-13-1-14-6-22(46(36,37)38)8-16(26(14)30)3-18-10-24(48(42,43)44)12-20(28(18)32)4-19-11-23(47(39,40)41)9-17(27(19)31)2-15(25)7-21(5-13)45(33,34)35;7-5-6-3-1-2-4-8-6;2*2-1(3)5-4;;;;;;/h5-12,29-32H,1-4H2,(H,33,34,35)(H,36,37,38)(H,39,40,41)(H,42,43,44);1-4H,5,7H2;2*4H2,(H4,2,3,5);6*1H2. The number of aromatic amines is 1. The normalized spacial score (nSPS) is 11.3. The van der Waals surface area contributed by atoms with Gasteiger partial charge in [0.15, 0.2) is 12.7 Å². The summed E-state index contributed by atoms with van der Waals surface area (Å²) < 4.78 is 145. The SMILES string of the molecule is N[NH+]=C(N)N.N[NH+]=C(N)N.O.O.O.O.O.O.O=S(=O)([O-])c1cc2c(O)c(c1)Cc1cc(S(=O)(=O)[O-])cc(c1O)Cc1cc(S(=O)(=O)[O-])cc(c1O)Cc1cc(S(=O)(=O)[O-])cc(c1O)C2.[NH3+]Cc1cccc[nH+]1. The van der Waals surface area contributed by atoms with E-state index in [4.69, 9.17) is 22.9 Å². The molecule has 406 valence electrons. The van der Waals surface area contributed by atoms with Crippen molar-refractivity contribution in [2.45, 2.75) is 51.8 Å². The van der Waals surface area contributed by atoms with E-state index in [1.165, 1.54) is 5.69 Å². The lowest BCUT2D eigenvalue weighted by Crippen LogP contribution is -2.84. The van der Waals surface area contributed by atoms with Crippen LogP contribution in [0.25, 0.3) is 0 Å². The highest BCUT2D eigenvalue weighted by Crippen LogP contribution is 2.40. The fourth-order valence-corrected chi connectivity index (χ4v) is 8.27. The van der Waals surface area contributed by atoms with E-state index in [0.717, 1.165) is 6.54 Å². The summed E-state index contributed by atoms with van der Waals surface area (Å²) >= 11 is 0. The molecule has 4 aromatic carbocycles. The molecule has 0 fully saturated rings. The van der Waals surface area contributed by atoms with Crippen LogP contribution in [0.5, 0.6) is 23.0 Å². The number of nitrogens with two attached hydrogens (primary N) is 6. The van der Waals surface area contributed by atoms with Crippen molar-refractivity contribution in [3.63, 3.8) is 0 Å². The molecular weight excluding hydrogens is 1050 g/mol. The summed E-state index contributed by atoms with van der Waals surface area (Å²) in [5.41, 5.74) is 20.4. The van der Waals surface area contributed by atoms with Gasteiger partial charge < -0.3 is 77.2 Å². The number of nitrogens with one attached hydrogen (secondary N) is 3. The molecule has 0 aliphatic heterocycles. The number of hydrazone groups is 2. The van der Waals surface area contributed by atoms with E-state index in [0.29, 0.717) is 48.5 Å². The molecule has 0 radical (unpaired) electrons. The Morgan fingerprint density at radius 3 is 0.778 bits per heavy atom. The van der Waals surface area contributed by atoms with Gasteiger partial charge >= 0.3 is 11.9 Å². The first-order valence-electron chi connectivity index (χ1n) is 18.1. The van der Waals surface area contributed by atoms with Gasteiger partial charge in [-0.2, -0.15) is 10.2 Å². The molecule has 72 heavy (non-hydrogen) atoms. The number of benzene rings is 4. The Bertz CT molecular complexity index is 2680. The van der Waals surface area contributed by atoms with Gasteiger partial charge in [0.25, 0.3) is 0 Å². The number of aromatic nitrogens is 1. The third-order valence-corrected chi connectivity index (χ3v) is 12.3.